The van der Waals surface area contributed by atoms with E-state index in [1.807, 2.05) is 18.2 Å². The van der Waals surface area contributed by atoms with Crippen LogP contribution in [0.1, 0.15) is 19.3 Å². The van der Waals surface area contributed by atoms with E-state index in [2.05, 4.69) is 10.3 Å². The monoisotopic (exact) mass is 267 g/mol. The highest BCUT2D eigenvalue weighted by atomic mass is 16.1. The van der Waals surface area contributed by atoms with Crippen molar-refractivity contribution in [2.75, 3.05) is 11.1 Å². The van der Waals surface area contributed by atoms with Gasteiger partial charge in [0.15, 0.2) is 0 Å². The van der Waals surface area contributed by atoms with Crippen LogP contribution >= 0.6 is 0 Å². The third kappa shape index (κ3) is 1.83. The average molecular weight is 267 g/mol. The second-order valence-corrected chi connectivity index (χ2v) is 6.02. The van der Waals surface area contributed by atoms with Crippen LogP contribution in [-0.4, -0.2) is 10.9 Å². The van der Waals surface area contributed by atoms with Crippen LogP contribution in [0.5, 0.6) is 0 Å². The lowest BCUT2D eigenvalue weighted by Gasteiger charge is -2.14. The number of nitrogens with zero attached hydrogens (tertiary/aromatic N) is 1. The summed E-state index contributed by atoms with van der Waals surface area (Å²) in [7, 11) is 0. The van der Waals surface area contributed by atoms with E-state index in [1.54, 1.807) is 12.3 Å². The number of nitrogens with one attached hydrogen (secondary N) is 1. The lowest BCUT2D eigenvalue weighted by Crippen LogP contribution is -2.21. The molecule has 2 aliphatic rings. The maximum atomic E-state index is 12.3. The molecule has 3 N–H and O–H groups in total. The molecule has 2 aromatic rings. The number of nitrogen functional groups attached to an aromatic ring is 1. The number of rotatable bonds is 2. The normalized spacial score (nSPS) is 27.3. The molecule has 4 nitrogen and oxygen atoms in total. The van der Waals surface area contributed by atoms with Crippen LogP contribution in [0.15, 0.2) is 30.5 Å². The number of aromatic nitrogens is 1. The van der Waals surface area contributed by atoms with Crippen LogP contribution < -0.4 is 11.1 Å². The van der Waals surface area contributed by atoms with Crippen LogP contribution in [0.25, 0.3) is 10.9 Å². The second-order valence-electron chi connectivity index (χ2n) is 6.02. The first-order valence-electron chi connectivity index (χ1n) is 7.16. The smallest absolute Gasteiger partial charge is 0.227 e. The van der Waals surface area contributed by atoms with Gasteiger partial charge in [-0.3, -0.25) is 9.78 Å². The molecule has 102 valence electrons. The molecule has 0 aliphatic heterocycles. The van der Waals surface area contributed by atoms with Crippen molar-refractivity contribution in [2.24, 2.45) is 17.8 Å². The molecule has 1 aromatic heterocycles. The highest BCUT2D eigenvalue weighted by Gasteiger charge is 2.48. The van der Waals surface area contributed by atoms with E-state index in [9.17, 15) is 4.79 Å². The van der Waals surface area contributed by atoms with Gasteiger partial charge in [-0.25, -0.2) is 0 Å². The van der Waals surface area contributed by atoms with E-state index < -0.39 is 0 Å². The summed E-state index contributed by atoms with van der Waals surface area (Å²) in [5, 5.41) is 3.97. The van der Waals surface area contributed by atoms with E-state index in [0.717, 1.165) is 41.3 Å². The Morgan fingerprint density at radius 2 is 2.00 bits per heavy atom. The summed E-state index contributed by atoms with van der Waals surface area (Å²) in [6, 6.07) is 7.48. The number of fused-ring (bicyclic) bond motifs is 2. The summed E-state index contributed by atoms with van der Waals surface area (Å²) in [4.78, 5) is 16.6. The van der Waals surface area contributed by atoms with Gasteiger partial charge in [0, 0.05) is 17.5 Å². The SMILES string of the molecule is Nc1ccc(NC(=O)C2CC3CC3C2)c2cccnc12. The zero-order valence-corrected chi connectivity index (χ0v) is 11.2. The van der Waals surface area contributed by atoms with Gasteiger partial charge in [0.05, 0.1) is 16.9 Å². The van der Waals surface area contributed by atoms with Crippen molar-refractivity contribution in [1.29, 1.82) is 0 Å². The molecule has 2 aliphatic carbocycles. The van der Waals surface area contributed by atoms with Crippen molar-refractivity contribution in [3.8, 4) is 0 Å². The number of hydrogen-bond donors (Lipinski definition) is 2. The third-order valence-corrected chi connectivity index (χ3v) is 4.67. The van der Waals surface area contributed by atoms with Gasteiger partial charge in [-0.05, 0) is 55.4 Å². The summed E-state index contributed by atoms with van der Waals surface area (Å²) in [5.41, 5.74) is 8.13. The quantitative estimate of drug-likeness (QED) is 0.822. The number of pyridine rings is 1. The van der Waals surface area contributed by atoms with E-state index in [-0.39, 0.29) is 11.8 Å². The van der Waals surface area contributed by atoms with Crippen LogP contribution in [0, 0.1) is 17.8 Å². The van der Waals surface area contributed by atoms with Crippen LogP contribution in [0.3, 0.4) is 0 Å². The van der Waals surface area contributed by atoms with Gasteiger partial charge >= 0.3 is 0 Å². The standard InChI is InChI=1S/C16H17N3O/c17-13-3-4-14(12-2-1-5-18-15(12)13)19-16(20)11-7-9-6-10(9)8-11/h1-5,9-11H,6-8,17H2,(H,19,20). The Morgan fingerprint density at radius 1 is 1.20 bits per heavy atom. The van der Waals surface area contributed by atoms with Crippen molar-refractivity contribution < 1.29 is 4.79 Å². The molecule has 2 unspecified atom stereocenters. The number of hydrogen-bond acceptors (Lipinski definition) is 3. The average Bonchev–Trinajstić information content (AvgIpc) is 3.08. The minimum Gasteiger partial charge on any atom is -0.397 e. The van der Waals surface area contributed by atoms with E-state index >= 15 is 0 Å². The van der Waals surface area contributed by atoms with Gasteiger partial charge in [-0.2, -0.15) is 0 Å². The Balaban J connectivity index is 1.62. The van der Waals surface area contributed by atoms with Gasteiger partial charge in [0.2, 0.25) is 5.91 Å². The fourth-order valence-corrected chi connectivity index (χ4v) is 3.47. The number of nitrogens with two attached hydrogens (primary N) is 1. The van der Waals surface area contributed by atoms with Crippen LogP contribution in [0.2, 0.25) is 0 Å². The topological polar surface area (TPSA) is 68.0 Å². The van der Waals surface area contributed by atoms with Crippen molar-refractivity contribution >= 4 is 28.2 Å². The zero-order valence-electron chi connectivity index (χ0n) is 11.2. The van der Waals surface area contributed by atoms with E-state index in [0.29, 0.717) is 5.69 Å². The zero-order chi connectivity index (χ0) is 13.7. The minimum atomic E-state index is 0.145. The molecule has 1 heterocycles. The number of anilines is 2. The molecule has 4 rings (SSSR count). The third-order valence-electron chi connectivity index (χ3n) is 4.67. The molecule has 20 heavy (non-hydrogen) atoms. The van der Waals surface area contributed by atoms with Crippen molar-refractivity contribution in [1.82, 2.24) is 4.98 Å². The Labute approximate surface area is 117 Å². The molecule has 1 amide bonds. The summed E-state index contributed by atoms with van der Waals surface area (Å²) < 4.78 is 0. The van der Waals surface area contributed by atoms with Gasteiger partial charge in [-0.15, -0.1) is 0 Å². The molecule has 2 atom stereocenters. The lowest BCUT2D eigenvalue weighted by atomic mass is 10.0. The van der Waals surface area contributed by atoms with Crippen molar-refractivity contribution in [3.05, 3.63) is 30.5 Å². The van der Waals surface area contributed by atoms with E-state index in [1.165, 1.54) is 6.42 Å². The van der Waals surface area contributed by atoms with Gasteiger partial charge in [0.1, 0.15) is 0 Å². The number of amides is 1. The van der Waals surface area contributed by atoms with E-state index in [4.69, 9.17) is 5.73 Å². The van der Waals surface area contributed by atoms with Gasteiger partial charge in [-0.1, -0.05) is 0 Å². The Bertz CT molecular complexity index is 687. The van der Waals surface area contributed by atoms with Crippen LogP contribution in [0.4, 0.5) is 11.4 Å². The second kappa shape index (κ2) is 4.20. The first-order chi connectivity index (χ1) is 9.72. The first kappa shape index (κ1) is 11.7. The number of carbonyl (C=O) groups excluding carboxylic acids is 1. The summed E-state index contributed by atoms with van der Waals surface area (Å²) in [6.45, 7) is 0. The maximum absolute atomic E-state index is 12.3. The van der Waals surface area contributed by atoms with Crippen LogP contribution in [-0.2, 0) is 4.79 Å². The molecular weight excluding hydrogens is 250 g/mol. The molecule has 2 fully saturated rings. The first-order valence-corrected chi connectivity index (χ1v) is 7.16. The Hall–Kier alpha value is -2.10. The molecule has 0 spiro atoms. The van der Waals surface area contributed by atoms with Crippen molar-refractivity contribution in [3.63, 3.8) is 0 Å². The lowest BCUT2D eigenvalue weighted by molar-refractivity contribution is -0.119. The molecule has 0 saturated heterocycles. The Kier molecular flexibility index (Phi) is 2.46. The molecule has 0 bridgehead atoms. The van der Waals surface area contributed by atoms with Crippen molar-refractivity contribution in [2.45, 2.75) is 19.3 Å². The highest BCUT2D eigenvalue weighted by Crippen LogP contribution is 2.54. The number of benzene rings is 1. The molecule has 2 saturated carbocycles. The fourth-order valence-electron chi connectivity index (χ4n) is 3.47. The molecule has 0 radical (unpaired) electrons. The molecule has 4 heteroatoms. The predicted octanol–water partition coefficient (Wildman–Crippen LogP) is 2.80. The minimum absolute atomic E-state index is 0.145. The van der Waals surface area contributed by atoms with Gasteiger partial charge in [0.25, 0.3) is 0 Å². The molecular formula is C16H17N3O. The fraction of sp³-hybridized carbons (Fsp3) is 0.375. The highest BCUT2D eigenvalue weighted by molar-refractivity contribution is 6.05. The predicted molar refractivity (Wildman–Crippen MR) is 79.1 cm³/mol. The number of carbonyl (C=O) groups is 1. The maximum Gasteiger partial charge on any atom is 0.227 e. The summed E-state index contributed by atoms with van der Waals surface area (Å²) >= 11 is 0. The van der Waals surface area contributed by atoms with Gasteiger partial charge < -0.3 is 11.1 Å². The summed E-state index contributed by atoms with van der Waals surface area (Å²) in [5.74, 6) is 1.96. The summed E-state index contributed by atoms with van der Waals surface area (Å²) in [6.07, 6.45) is 5.16. The Morgan fingerprint density at radius 3 is 2.80 bits per heavy atom. The molecule has 1 aromatic carbocycles. The largest absolute Gasteiger partial charge is 0.397 e.